The van der Waals surface area contributed by atoms with Gasteiger partial charge in [0.1, 0.15) is 0 Å². The molecule has 0 heterocycles. The summed E-state index contributed by atoms with van der Waals surface area (Å²) in [5, 5.41) is 1.45. The predicted molar refractivity (Wildman–Crippen MR) is 43.2 cm³/mol. The molecule has 9 heavy (non-hydrogen) atoms. The molecule has 0 unspecified atom stereocenters. The molecular formula is C8H21Ni. The van der Waals surface area contributed by atoms with Crippen LogP contribution in [0.4, 0.5) is 0 Å². The maximum absolute atomic E-state index is 2.43. The van der Waals surface area contributed by atoms with E-state index in [1.807, 2.05) is 0 Å². The molecule has 0 aromatic heterocycles. The number of rotatable bonds is 3. The van der Waals surface area contributed by atoms with E-state index in [1.165, 1.54) is 18.2 Å². The molecule has 0 atom stereocenters. The van der Waals surface area contributed by atoms with Crippen LogP contribution in [0.3, 0.4) is 0 Å². The van der Waals surface area contributed by atoms with Crippen molar-refractivity contribution in [3.8, 4) is 0 Å². The van der Waals surface area contributed by atoms with Crippen LogP contribution in [0, 0.1) is 0 Å². The fourth-order valence-electron chi connectivity index (χ4n) is 0.559. The van der Waals surface area contributed by atoms with E-state index in [0.29, 0.717) is 0 Å². The molecule has 0 aliphatic carbocycles. The molecule has 0 saturated carbocycles. The van der Waals surface area contributed by atoms with Crippen molar-refractivity contribution in [3.63, 3.8) is 0 Å². The molecule has 0 radical (unpaired) electrons. The molecule has 0 spiro atoms. The summed E-state index contributed by atoms with van der Waals surface area (Å²) in [5.41, 5.74) is 0. The number of unbranched alkanes of at least 4 members (excludes halogenated alkanes) is 1. The van der Waals surface area contributed by atoms with Crippen LogP contribution in [0.1, 0.15) is 19.8 Å². The average Bonchev–Trinajstić information content (AvgIpc) is 1.57. The quantitative estimate of drug-likeness (QED) is 0.568. The van der Waals surface area contributed by atoms with Gasteiger partial charge in [-0.25, -0.2) is 0 Å². The van der Waals surface area contributed by atoms with Crippen LogP contribution in [-0.4, -0.2) is 0 Å². The fourth-order valence-corrected chi connectivity index (χ4v) is 2.30. The normalized spacial score (nSPS) is 16.8. The van der Waals surface area contributed by atoms with Gasteiger partial charge < -0.3 is 0 Å². The molecule has 0 aliphatic rings. The molecule has 0 saturated heterocycles. The zero-order valence-corrected chi connectivity index (χ0v) is 8.43. The van der Waals surface area contributed by atoms with Gasteiger partial charge in [0.05, 0.1) is 0 Å². The van der Waals surface area contributed by atoms with Crippen LogP contribution < -0.4 is 0 Å². The Balaban J connectivity index is 3.60. The second-order valence-electron chi connectivity index (χ2n) is 3.80. The van der Waals surface area contributed by atoms with Crippen LogP contribution in [0.5, 0.6) is 0 Å². The SMILES string of the molecule is CCC[CH2][Ni]([CH3])([CH3])([CH3])[CH3]. The summed E-state index contributed by atoms with van der Waals surface area (Å²) < 4.78 is 0. The first-order chi connectivity index (χ1) is 3.81. The Labute approximate surface area is 60.6 Å². The van der Waals surface area contributed by atoms with E-state index in [1.54, 1.807) is 0 Å². The molecule has 0 aromatic rings. The van der Waals surface area contributed by atoms with Crippen LogP contribution in [-0.2, 0) is 11.4 Å². The molecule has 0 amide bonds. The number of hydrogen-bond acceptors (Lipinski definition) is 0. The van der Waals surface area contributed by atoms with E-state index >= 15 is 0 Å². The molecule has 1 heteroatoms. The molecule has 0 aromatic carbocycles. The summed E-state index contributed by atoms with van der Waals surface area (Å²) >= 11 is -0.991. The van der Waals surface area contributed by atoms with Gasteiger partial charge in [-0.2, -0.15) is 0 Å². The third kappa shape index (κ3) is 8.49. The van der Waals surface area contributed by atoms with Crippen LogP contribution in [0.2, 0.25) is 29.0 Å². The zero-order valence-electron chi connectivity index (χ0n) is 7.44. The van der Waals surface area contributed by atoms with E-state index in [9.17, 15) is 0 Å². The van der Waals surface area contributed by atoms with Crippen molar-refractivity contribution < 1.29 is 11.4 Å². The Morgan fingerprint density at radius 1 is 1.00 bits per heavy atom. The Bertz CT molecular complexity index is 77.2. The zero-order chi connectivity index (χ0) is 7.57. The van der Waals surface area contributed by atoms with E-state index in [2.05, 4.69) is 30.5 Å². The fraction of sp³-hybridized carbons (Fsp3) is 1.00. The second kappa shape index (κ2) is 2.62. The summed E-state index contributed by atoms with van der Waals surface area (Å²) in [7, 11) is 0. The number of hydrogen-bond donors (Lipinski definition) is 0. The first-order valence-corrected chi connectivity index (χ1v) is 7.84. The van der Waals surface area contributed by atoms with Crippen molar-refractivity contribution >= 4 is 0 Å². The van der Waals surface area contributed by atoms with E-state index in [-0.39, 0.29) is 0 Å². The Hall–Kier alpha value is 0.494. The van der Waals surface area contributed by atoms with Gasteiger partial charge in [-0.15, -0.1) is 0 Å². The van der Waals surface area contributed by atoms with E-state index in [4.69, 9.17) is 0 Å². The monoisotopic (exact) mass is 175 g/mol. The molecular weight excluding hydrogens is 155 g/mol. The van der Waals surface area contributed by atoms with Crippen LogP contribution in [0.25, 0.3) is 0 Å². The third-order valence-electron chi connectivity index (χ3n) is 1.10. The van der Waals surface area contributed by atoms with Crippen molar-refractivity contribution in [2.75, 3.05) is 0 Å². The summed E-state index contributed by atoms with van der Waals surface area (Å²) in [6.07, 6.45) is 2.75. The molecule has 63 valence electrons. The Morgan fingerprint density at radius 2 is 1.44 bits per heavy atom. The van der Waals surface area contributed by atoms with Crippen molar-refractivity contribution in [1.29, 1.82) is 0 Å². The Morgan fingerprint density at radius 3 is 1.56 bits per heavy atom. The summed E-state index contributed by atoms with van der Waals surface area (Å²) in [6.45, 7) is 2.26. The molecule has 0 aliphatic heterocycles. The molecule has 0 bridgehead atoms. The van der Waals surface area contributed by atoms with Gasteiger partial charge in [-0.05, 0) is 0 Å². The molecule has 0 N–H and O–H groups in total. The first kappa shape index (κ1) is 9.49. The van der Waals surface area contributed by atoms with Gasteiger partial charge in [-0.1, -0.05) is 0 Å². The molecule has 0 fully saturated rings. The van der Waals surface area contributed by atoms with E-state index in [0.717, 1.165) is 0 Å². The Kier molecular flexibility index (Phi) is 2.76. The molecule has 0 nitrogen and oxygen atoms in total. The van der Waals surface area contributed by atoms with Gasteiger partial charge in [0.25, 0.3) is 0 Å². The maximum atomic E-state index is 2.43. The van der Waals surface area contributed by atoms with Crippen molar-refractivity contribution in [2.24, 2.45) is 0 Å². The van der Waals surface area contributed by atoms with Gasteiger partial charge >= 0.3 is 60.1 Å². The third-order valence-corrected chi connectivity index (χ3v) is 3.42. The standard InChI is InChI=1S/C4H9.4CH3.Ni/c1-3-4-2;;;;;/h1,3-4H2,2H3;4*1H3;. The topological polar surface area (TPSA) is 0 Å². The van der Waals surface area contributed by atoms with Gasteiger partial charge in [0.15, 0.2) is 0 Å². The van der Waals surface area contributed by atoms with Crippen molar-refractivity contribution in [2.45, 2.75) is 48.7 Å². The van der Waals surface area contributed by atoms with Crippen molar-refractivity contribution in [1.82, 2.24) is 0 Å². The van der Waals surface area contributed by atoms with Crippen LogP contribution >= 0.6 is 0 Å². The predicted octanol–water partition coefficient (Wildman–Crippen LogP) is 4.09. The minimum atomic E-state index is -0.991. The van der Waals surface area contributed by atoms with Crippen LogP contribution in [0.15, 0.2) is 0 Å². The van der Waals surface area contributed by atoms with Crippen molar-refractivity contribution in [3.05, 3.63) is 0 Å². The summed E-state index contributed by atoms with van der Waals surface area (Å²) in [5.74, 6) is 9.73. The average molecular weight is 176 g/mol. The minimum absolute atomic E-state index is 0.991. The summed E-state index contributed by atoms with van der Waals surface area (Å²) in [6, 6.07) is 0. The second-order valence-corrected chi connectivity index (χ2v) is 13.0. The molecule has 0 rings (SSSR count). The van der Waals surface area contributed by atoms with Gasteiger partial charge in [-0.3, -0.25) is 0 Å². The van der Waals surface area contributed by atoms with Gasteiger partial charge in [0, 0.05) is 0 Å². The van der Waals surface area contributed by atoms with E-state index < -0.39 is 11.4 Å². The first-order valence-electron chi connectivity index (χ1n) is 3.20. The van der Waals surface area contributed by atoms with Gasteiger partial charge in [0.2, 0.25) is 0 Å². The summed E-state index contributed by atoms with van der Waals surface area (Å²) in [4.78, 5) is 0.